The van der Waals surface area contributed by atoms with Gasteiger partial charge in [0.1, 0.15) is 6.04 Å². The Morgan fingerprint density at radius 2 is 2.11 bits per heavy atom. The number of sulfonamides is 1. The van der Waals surface area contributed by atoms with E-state index in [0.717, 1.165) is 9.87 Å². The second kappa shape index (κ2) is 5.22. The van der Waals surface area contributed by atoms with Crippen LogP contribution in [0.4, 0.5) is 0 Å². The smallest absolute Gasteiger partial charge is 0.322 e. The predicted octanol–water partition coefficient (Wildman–Crippen LogP) is 2.00. The van der Waals surface area contributed by atoms with Crippen LogP contribution in [0.3, 0.4) is 0 Å². The summed E-state index contributed by atoms with van der Waals surface area (Å²) in [5, 5.41) is 9.09. The van der Waals surface area contributed by atoms with E-state index in [2.05, 4.69) is 15.9 Å². The quantitative estimate of drug-likeness (QED) is 0.907. The molecule has 0 radical (unpaired) electrons. The fourth-order valence-electron chi connectivity index (χ4n) is 2.26. The highest BCUT2D eigenvalue weighted by Gasteiger charge is 2.39. The second-order valence-electron chi connectivity index (χ2n) is 4.58. The molecule has 1 N–H and O–H groups in total. The molecule has 0 saturated carbocycles. The summed E-state index contributed by atoms with van der Waals surface area (Å²) in [4.78, 5) is 11.2. The molecule has 0 aliphatic carbocycles. The molecule has 1 aromatic carbocycles. The zero-order valence-corrected chi connectivity index (χ0v) is 12.7. The molecule has 19 heavy (non-hydrogen) atoms. The molecule has 2 rings (SSSR count). The maximum absolute atomic E-state index is 12.5. The van der Waals surface area contributed by atoms with Crippen molar-refractivity contribution in [1.82, 2.24) is 4.31 Å². The molecule has 104 valence electrons. The van der Waals surface area contributed by atoms with Crippen molar-refractivity contribution < 1.29 is 18.3 Å². The van der Waals surface area contributed by atoms with E-state index in [1.807, 2.05) is 0 Å². The van der Waals surface area contributed by atoms with Gasteiger partial charge in [-0.15, -0.1) is 0 Å². The van der Waals surface area contributed by atoms with Gasteiger partial charge < -0.3 is 5.11 Å². The summed E-state index contributed by atoms with van der Waals surface area (Å²) in [6, 6.07) is 3.90. The van der Waals surface area contributed by atoms with Crippen molar-refractivity contribution in [3.05, 3.63) is 28.2 Å². The van der Waals surface area contributed by atoms with Crippen molar-refractivity contribution >= 4 is 31.9 Å². The van der Waals surface area contributed by atoms with Crippen LogP contribution in [0, 0.1) is 6.92 Å². The van der Waals surface area contributed by atoms with Gasteiger partial charge >= 0.3 is 5.97 Å². The van der Waals surface area contributed by atoms with E-state index in [4.69, 9.17) is 5.11 Å². The number of aliphatic carboxylic acids is 1. The van der Waals surface area contributed by atoms with E-state index in [9.17, 15) is 13.2 Å². The van der Waals surface area contributed by atoms with Crippen molar-refractivity contribution in [2.24, 2.45) is 0 Å². The van der Waals surface area contributed by atoms with Gasteiger partial charge in [-0.25, -0.2) is 8.42 Å². The number of hydrogen-bond acceptors (Lipinski definition) is 3. The molecule has 1 atom stereocenters. The van der Waals surface area contributed by atoms with Crippen LogP contribution in [0.5, 0.6) is 0 Å². The summed E-state index contributed by atoms with van der Waals surface area (Å²) in [5.74, 6) is -1.09. The van der Waals surface area contributed by atoms with Crippen LogP contribution < -0.4 is 0 Å². The van der Waals surface area contributed by atoms with Gasteiger partial charge in [0.25, 0.3) is 0 Å². The molecule has 1 fully saturated rings. The first-order valence-electron chi connectivity index (χ1n) is 5.84. The molecule has 0 amide bonds. The van der Waals surface area contributed by atoms with Gasteiger partial charge in [-0.3, -0.25) is 4.79 Å². The maximum atomic E-state index is 12.5. The standard InChI is InChI=1S/C12H14BrNO4S/c1-8-5-9(13)7-10(6-8)19(17,18)14-4-2-3-11(14)12(15)16/h5-7,11H,2-4H2,1H3,(H,15,16)/t11-/m0/s1. The fraction of sp³-hybridized carbons (Fsp3) is 0.417. The van der Waals surface area contributed by atoms with E-state index in [-0.39, 0.29) is 11.4 Å². The number of halogens is 1. The monoisotopic (exact) mass is 347 g/mol. The molecule has 0 aromatic heterocycles. The van der Waals surface area contributed by atoms with Crippen LogP contribution >= 0.6 is 15.9 Å². The summed E-state index contributed by atoms with van der Waals surface area (Å²) in [6.45, 7) is 2.05. The third kappa shape index (κ3) is 2.82. The van der Waals surface area contributed by atoms with Crippen molar-refractivity contribution in [2.75, 3.05) is 6.54 Å². The molecule has 5 nitrogen and oxygen atoms in total. The maximum Gasteiger partial charge on any atom is 0.322 e. The van der Waals surface area contributed by atoms with Gasteiger partial charge in [0, 0.05) is 11.0 Å². The van der Waals surface area contributed by atoms with E-state index in [0.29, 0.717) is 17.3 Å². The number of aryl methyl sites for hydroxylation is 1. The van der Waals surface area contributed by atoms with E-state index >= 15 is 0 Å². The second-order valence-corrected chi connectivity index (χ2v) is 7.38. The number of rotatable bonds is 3. The number of carbonyl (C=O) groups is 1. The van der Waals surface area contributed by atoms with Gasteiger partial charge in [-0.05, 0) is 43.5 Å². The molecule has 1 aliphatic rings. The summed E-state index contributed by atoms with van der Waals surface area (Å²) in [6.07, 6.45) is 0.935. The Kier molecular flexibility index (Phi) is 3.98. The molecule has 0 spiro atoms. The van der Waals surface area contributed by atoms with Crippen molar-refractivity contribution in [2.45, 2.75) is 30.7 Å². The highest BCUT2D eigenvalue weighted by Crippen LogP contribution is 2.28. The molecule has 7 heteroatoms. The first-order valence-corrected chi connectivity index (χ1v) is 8.07. The van der Waals surface area contributed by atoms with Crippen LogP contribution in [-0.2, 0) is 14.8 Å². The van der Waals surface area contributed by atoms with Crippen LogP contribution in [0.15, 0.2) is 27.6 Å². The molecule has 1 aromatic rings. The van der Waals surface area contributed by atoms with Crippen LogP contribution in [0.1, 0.15) is 18.4 Å². The zero-order chi connectivity index (χ0) is 14.2. The predicted molar refractivity (Wildman–Crippen MR) is 73.4 cm³/mol. The average molecular weight is 348 g/mol. The third-order valence-corrected chi connectivity index (χ3v) is 5.45. The number of benzene rings is 1. The number of nitrogens with zero attached hydrogens (tertiary/aromatic N) is 1. The topological polar surface area (TPSA) is 74.7 Å². The lowest BCUT2D eigenvalue weighted by Crippen LogP contribution is -2.40. The lowest BCUT2D eigenvalue weighted by molar-refractivity contribution is -0.140. The van der Waals surface area contributed by atoms with Crippen molar-refractivity contribution in [3.63, 3.8) is 0 Å². The lowest BCUT2D eigenvalue weighted by atomic mass is 10.2. The minimum absolute atomic E-state index is 0.132. The Bertz CT molecular complexity index is 594. The Hall–Kier alpha value is -0.920. The summed E-state index contributed by atoms with van der Waals surface area (Å²) in [7, 11) is -3.76. The Balaban J connectivity index is 2.44. The number of hydrogen-bond donors (Lipinski definition) is 1. The number of carboxylic acid groups (broad SMARTS) is 1. The highest BCUT2D eigenvalue weighted by atomic mass is 79.9. The first-order chi connectivity index (χ1) is 8.82. The van der Waals surface area contributed by atoms with Gasteiger partial charge in [0.15, 0.2) is 0 Å². The van der Waals surface area contributed by atoms with Crippen LogP contribution in [0.25, 0.3) is 0 Å². The van der Waals surface area contributed by atoms with Gasteiger partial charge in [0.05, 0.1) is 4.90 Å². The number of carboxylic acids is 1. The molecular formula is C12H14BrNO4S. The van der Waals surface area contributed by atoms with Gasteiger partial charge in [-0.2, -0.15) is 4.31 Å². The summed E-state index contributed by atoms with van der Waals surface area (Å²) < 4.78 is 26.7. The Morgan fingerprint density at radius 1 is 1.42 bits per heavy atom. The minimum Gasteiger partial charge on any atom is -0.480 e. The average Bonchev–Trinajstić information content (AvgIpc) is 2.76. The minimum atomic E-state index is -3.76. The van der Waals surface area contributed by atoms with E-state index in [1.165, 1.54) is 6.07 Å². The summed E-state index contributed by atoms with van der Waals surface area (Å²) in [5.41, 5.74) is 0.805. The SMILES string of the molecule is Cc1cc(Br)cc(S(=O)(=O)N2CCC[C@H]2C(=O)O)c1. The van der Waals surface area contributed by atoms with Crippen LogP contribution in [0.2, 0.25) is 0 Å². The lowest BCUT2D eigenvalue weighted by Gasteiger charge is -2.21. The molecular weight excluding hydrogens is 334 g/mol. The summed E-state index contributed by atoms with van der Waals surface area (Å²) >= 11 is 3.26. The first kappa shape index (κ1) is 14.5. The van der Waals surface area contributed by atoms with Crippen molar-refractivity contribution in [3.8, 4) is 0 Å². The largest absolute Gasteiger partial charge is 0.480 e. The molecule has 1 aliphatic heterocycles. The Labute approximate surface area is 120 Å². The van der Waals surface area contributed by atoms with Gasteiger partial charge in [-0.1, -0.05) is 15.9 Å². The molecule has 0 unspecified atom stereocenters. The van der Waals surface area contributed by atoms with E-state index < -0.39 is 22.0 Å². The molecule has 0 bridgehead atoms. The highest BCUT2D eigenvalue weighted by molar-refractivity contribution is 9.10. The fourth-order valence-corrected chi connectivity index (χ4v) is 4.80. The van der Waals surface area contributed by atoms with E-state index in [1.54, 1.807) is 19.1 Å². The molecule has 1 saturated heterocycles. The van der Waals surface area contributed by atoms with Gasteiger partial charge in [0.2, 0.25) is 10.0 Å². The Morgan fingerprint density at radius 3 is 2.68 bits per heavy atom. The van der Waals surface area contributed by atoms with Crippen LogP contribution in [-0.4, -0.2) is 36.4 Å². The normalized spacial score (nSPS) is 20.6. The third-order valence-electron chi connectivity index (χ3n) is 3.11. The zero-order valence-electron chi connectivity index (χ0n) is 10.3. The van der Waals surface area contributed by atoms with Crippen molar-refractivity contribution in [1.29, 1.82) is 0 Å². The molecule has 1 heterocycles.